The Hall–Kier alpha value is -4.07. The molecule has 51 heteroatoms. The van der Waals surface area contributed by atoms with Gasteiger partial charge in [-0.05, 0) is 61.4 Å². The third-order valence-electron chi connectivity index (χ3n) is 14.9. The molecule has 4 atom stereocenters. The predicted octanol–water partition coefficient (Wildman–Crippen LogP) is 5.29. The fourth-order valence-electron chi connectivity index (χ4n) is 8.95. The van der Waals surface area contributed by atoms with E-state index in [2.05, 4.69) is 101 Å². The quantitative estimate of drug-likeness (QED) is 0.0197. The first-order valence-corrected chi connectivity index (χ1v) is 39.5. The summed E-state index contributed by atoms with van der Waals surface area (Å²) in [5, 5.41) is 40.9. The average Bonchev–Trinajstić information content (AvgIpc) is 1.64. The number of hydrogen-bond acceptors (Lipinski definition) is 28. The van der Waals surface area contributed by atoms with Crippen molar-refractivity contribution in [3.63, 3.8) is 0 Å². The number of hydrogen-bond donors (Lipinski definition) is 6. The second-order valence-corrected chi connectivity index (χ2v) is 31.8. The van der Waals surface area contributed by atoms with Gasteiger partial charge in [-0.2, -0.15) is 24.4 Å². The van der Waals surface area contributed by atoms with Gasteiger partial charge in [-0.25, -0.2) is 123 Å². The van der Waals surface area contributed by atoms with E-state index in [0.717, 1.165) is 36.4 Å². The van der Waals surface area contributed by atoms with E-state index in [-0.39, 0.29) is 328 Å². The minimum absolute atomic E-state index is 0. The van der Waals surface area contributed by atoms with E-state index in [0.29, 0.717) is 41.3 Å². The van der Waals surface area contributed by atoms with E-state index >= 15 is 0 Å². The molecule has 0 spiro atoms. The molecule has 116 heavy (non-hydrogen) atoms. The smallest absolute Gasteiger partial charge is 0.870 e. The zero-order valence-corrected chi connectivity index (χ0v) is 81.3. The van der Waals surface area contributed by atoms with Gasteiger partial charge in [-0.15, -0.1) is 15.3 Å². The van der Waals surface area contributed by atoms with Crippen molar-refractivity contribution in [2.75, 3.05) is 66.4 Å². The Kier molecular flexibility index (Phi) is 53.2. The first kappa shape index (κ1) is 112. The number of aromatic nitrogens is 10. The van der Waals surface area contributed by atoms with Crippen LogP contribution in [0.15, 0.2) is 142 Å². The van der Waals surface area contributed by atoms with Crippen LogP contribution in [0.3, 0.4) is 0 Å². The molecule has 8 N–H and O–H groups in total. The van der Waals surface area contributed by atoms with Crippen molar-refractivity contribution < 1.29 is 189 Å². The van der Waals surface area contributed by atoms with Gasteiger partial charge in [0.25, 0.3) is 11.8 Å². The zero-order valence-electron chi connectivity index (χ0n) is 62.4. The summed E-state index contributed by atoms with van der Waals surface area (Å²) in [6, 6.07) is 14.7. The molecule has 1 aliphatic heterocycles. The standard InChI is InChI=1S/C18H17F4N5O3S.C17H18F2N6O2S.C15H15F2N5O2S.C13H11F2N5.C2H5ClO2S.3K.H2O.U.V/c1-2-31(28,29)25-9-10(13-4-3-12(19)6-14(13)20)5-15-23-7-11(8-24-15)17-26-27-18(30-17)16(21)22;1-2-28(26,27)23-9-11(14-4-3-13(18)6-15(14)19)5-17-20-7-12(8-21-17)16-10-22-25-24-16;1-2-25(23,24)21-9-14(12-4-3-11(16)5-13(12)17)22-15-19-7-10(6-18)8-20-15;14-9-1-2-10(11(15)3-9)12(5-17)20-13-18-6-8(4-16)7-19-13;1-2-6(3,4)5;;;;;;/h3-4,6-8,10,16,25H,2,5,9H2,1H3;3-4,6-8,11,23H,2,5,9-10H2,1H3;3-5,7-8,14,21H,2,9H2,1H3,(H,19,20,22);1-3,6-7,12H,5,17H2,(H,18,19,20);2H2,1H3;;;;1H2;;/q;;;;;;;+1;;;/p-1. The van der Waals surface area contributed by atoms with Gasteiger partial charge in [0.1, 0.15) is 76.9 Å². The van der Waals surface area contributed by atoms with Gasteiger partial charge in [-0.1, -0.05) is 31.2 Å². The third-order valence-corrected chi connectivity index (χ3v) is 20.3. The summed E-state index contributed by atoms with van der Waals surface area (Å²) < 4.78 is 236. The molecule has 0 bridgehead atoms. The van der Waals surface area contributed by atoms with E-state index in [1.54, 1.807) is 12.4 Å². The van der Waals surface area contributed by atoms with Crippen molar-refractivity contribution in [2.24, 2.45) is 21.2 Å². The maximum Gasteiger partial charge on any atom is 1.00 e. The number of alkyl halides is 2. The van der Waals surface area contributed by atoms with Gasteiger partial charge in [0.05, 0.1) is 82.3 Å². The summed E-state index contributed by atoms with van der Waals surface area (Å²) in [5.41, 5.74) is 8.19. The van der Waals surface area contributed by atoms with Crippen LogP contribution in [-0.2, 0) is 70.5 Å². The summed E-state index contributed by atoms with van der Waals surface area (Å²) in [5.74, 6) is -7.87. The Labute approximate surface area is 828 Å². The second kappa shape index (κ2) is 55.1. The van der Waals surface area contributed by atoms with Gasteiger partial charge < -0.3 is 26.3 Å². The summed E-state index contributed by atoms with van der Waals surface area (Å²) in [7, 11) is -9.05. The Morgan fingerprint density at radius 1 is 0.517 bits per heavy atom. The molecular formula is C65H67ClF10K3N21O10S4UV. The van der Waals surface area contributed by atoms with Gasteiger partial charge in [0.15, 0.2) is 0 Å². The molecule has 0 amide bonds. The van der Waals surface area contributed by atoms with Crippen LogP contribution in [0.25, 0.3) is 11.5 Å². The maximum absolute atomic E-state index is 14.3. The van der Waals surface area contributed by atoms with Gasteiger partial charge in [-0.3, -0.25) is 0 Å². The molecular weight excluding hydrogens is 1990 g/mol. The fourth-order valence-corrected chi connectivity index (χ4v) is 10.9. The normalized spacial score (nSPS) is 12.4. The fraction of sp³-hybridized carbons (Fsp3) is 0.308. The maximum atomic E-state index is 14.3. The van der Waals surface area contributed by atoms with Gasteiger partial charge in [0.2, 0.25) is 51.0 Å². The van der Waals surface area contributed by atoms with Crippen LogP contribution in [0.4, 0.5) is 55.8 Å². The first-order chi connectivity index (χ1) is 52.1. The molecule has 0 aliphatic carbocycles. The van der Waals surface area contributed by atoms with Gasteiger partial charge in [0, 0.05) is 280 Å². The van der Waals surface area contributed by atoms with E-state index in [4.69, 9.17) is 20.7 Å². The van der Waals surface area contributed by atoms with Crippen LogP contribution >= 0.6 is 10.7 Å². The molecule has 6 heterocycles. The zero-order chi connectivity index (χ0) is 80.9. The average molecular weight is 2060 g/mol. The van der Waals surface area contributed by atoms with Crippen LogP contribution in [-0.4, -0.2) is 253 Å². The molecule has 9 aromatic rings. The Morgan fingerprint density at radius 3 is 1.17 bits per heavy atom. The van der Waals surface area contributed by atoms with E-state index in [9.17, 15) is 77.6 Å². The topological polar surface area (TPSA) is 479 Å². The number of anilines is 2. The largest absolute Gasteiger partial charge is 1.00 e. The third kappa shape index (κ3) is 38.6. The van der Waals surface area contributed by atoms with Crippen LogP contribution < -0.4 is 81.9 Å². The van der Waals surface area contributed by atoms with Crippen molar-refractivity contribution in [3.8, 4) is 23.6 Å². The number of nitrogens with one attached hydrogen (secondary N) is 5. The molecule has 0 saturated heterocycles. The van der Waals surface area contributed by atoms with E-state index in [1.807, 2.05) is 12.1 Å². The van der Waals surface area contributed by atoms with Crippen LogP contribution in [0.5, 0.6) is 0 Å². The molecule has 3 radical (unpaired) electrons. The van der Waals surface area contributed by atoms with Crippen molar-refractivity contribution in [3.05, 3.63) is 225 Å². The van der Waals surface area contributed by atoms with Crippen molar-refractivity contribution in [1.82, 2.24) is 64.2 Å². The predicted molar refractivity (Wildman–Crippen MR) is 393 cm³/mol. The van der Waals surface area contributed by atoms with Crippen molar-refractivity contribution >= 4 is 170 Å². The summed E-state index contributed by atoms with van der Waals surface area (Å²) in [6.07, 6.45) is 8.12. The number of nitrogens with two attached hydrogens (primary N) is 1. The molecule has 10 rings (SSSR count). The summed E-state index contributed by atoms with van der Waals surface area (Å²) in [4.78, 5) is 32.3. The van der Waals surface area contributed by atoms with Crippen LogP contribution in [0.1, 0.15) is 115 Å². The summed E-state index contributed by atoms with van der Waals surface area (Å²) in [6.45, 7) is 5.92. The minimum Gasteiger partial charge on any atom is -0.870 e. The molecule has 5 aromatic heterocycles. The number of nitriles is 2. The second-order valence-electron chi connectivity index (χ2n) is 22.5. The number of halogens is 11. The summed E-state index contributed by atoms with van der Waals surface area (Å²) >= 11 is 0. The molecule has 4 aromatic carbocycles. The van der Waals surface area contributed by atoms with Crippen LogP contribution in [0, 0.1) is 100 Å². The molecule has 1 aliphatic rings. The van der Waals surface area contributed by atoms with Crippen molar-refractivity contribution in [1.29, 1.82) is 10.5 Å². The first-order valence-electron chi connectivity index (χ1n) is 32.1. The minimum atomic E-state index is -3.56. The number of nitrogens with zero attached hydrogens (tertiary/aromatic N) is 15. The molecule has 0 saturated carbocycles. The number of rotatable bonds is 29. The molecule has 4 unspecified atom stereocenters. The Bertz CT molecular complexity index is 5230. The monoisotopic (exact) mass is 2060 g/mol. The van der Waals surface area contributed by atoms with Crippen molar-refractivity contribution in [2.45, 2.75) is 70.9 Å². The van der Waals surface area contributed by atoms with E-state index in [1.165, 1.54) is 89.1 Å². The Morgan fingerprint density at radius 2 is 0.862 bits per heavy atom. The molecule has 0 fully saturated rings. The molecule has 605 valence electrons. The van der Waals surface area contributed by atoms with E-state index < -0.39 is 122 Å². The van der Waals surface area contributed by atoms with Crippen LogP contribution in [0.2, 0.25) is 0 Å². The number of benzene rings is 4. The van der Waals surface area contributed by atoms with Gasteiger partial charge >= 0.3 is 57.8 Å². The SMILES string of the molecule is CCS(=O)(=O)Cl.CCS(=O)(=O)NCC(Cc1ncc(-c2nnc(C(F)F)o2)cn1)c1ccc(F)cc1F.CCS(=O)(=O)NCC(Cc1ncc(C2=NN=NC2)cn1)c1ccc(F)cc1F.CCS(=O)(=O)NCC(Nc1ncc(C#N)cn1)c1ccc(F)cc1F.N#Cc1cnc(NC(CN)c2ccc(F)cc2F)nc1.[K+].[K].[K].[OH-].[U].[V]. The number of sulfonamides is 3. The molecule has 31 nitrogen and oxygen atoms in total. The Balaban J connectivity index is 0.00000147.